The van der Waals surface area contributed by atoms with Gasteiger partial charge >= 0.3 is 5.97 Å². The van der Waals surface area contributed by atoms with Gasteiger partial charge in [0.05, 0.1) is 5.56 Å². The van der Waals surface area contributed by atoms with E-state index in [4.69, 9.17) is 9.84 Å². The smallest absolute Gasteiger partial charge is 0.335 e. The molecule has 1 aromatic carbocycles. The van der Waals surface area contributed by atoms with Crippen molar-refractivity contribution in [3.8, 4) is 5.75 Å². The molecule has 1 saturated carbocycles. The summed E-state index contributed by atoms with van der Waals surface area (Å²) in [6, 6.07) is 6.70. The Balaban J connectivity index is 1.45. The average molecular weight is 289 g/mol. The second-order valence-corrected chi connectivity index (χ2v) is 6.42. The highest BCUT2D eigenvalue weighted by Crippen LogP contribution is 2.38. The lowest BCUT2D eigenvalue weighted by atomic mass is 10.1. The van der Waals surface area contributed by atoms with E-state index >= 15 is 0 Å². The Morgan fingerprint density at radius 1 is 1.29 bits per heavy atom. The van der Waals surface area contributed by atoms with E-state index in [0.717, 1.165) is 43.5 Å². The third-order valence-corrected chi connectivity index (χ3v) is 4.71. The summed E-state index contributed by atoms with van der Waals surface area (Å²) >= 11 is 0. The summed E-state index contributed by atoms with van der Waals surface area (Å²) in [6.07, 6.45) is 3.77. The zero-order valence-electron chi connectivity index (χ0n) is 12.5. The predicted molar refractivity (Wildman–Crippen MR) is 80.8 cm³/mol. The van der Waals surface area contributed by atoms with Gasteiger partial charge in [-0.25, -0.2) is 4.79 Å². The van der Waals surface area contributed by atoms with Crippen molar-refractivity contribution in [1.29, 1.82) is 0 Å². The summed E-state index contributed by atoms with van der Waals surface area (Å²) in [7, 11) is 0. The topological polar surface area (TPSA) is 49.8 Å². The molecular formula is C17H23NO3. The Hall–Kier alpha value is -1.55. The number of carboxylic acids is 1. The van der Waals surface area contributed by atoms with E-state index in [2.05, 4.69) is 11.8 Å². The number of carboxylic acid groups (broad SMARTS) is 1. The highest BCUT2D eigenvalue weighted by atomic mass is 16.5. The van der Waals surface area contributed by atoms with Crippen LogP contribution in [0, 0.1) is 11.8 Å². The monoisotopic (exact) mass is 289 g/mol. The number of benzene rings is 1. The molecule has 114 valence electrons. The first-order chi connectivity index (χ1) is 10.1. The van der Waals surface area contributed by atoms with Crippen molar-refractivity contribution >= 4 is 5.97 Å². The molecule has 0 bridgehead atoms. The van der Waals surface area contributed by atoms with Gasteiger partial charge in [0.15, 0.2) is 0 Å². The fourth-order valence-electron chi connectivity index (χ4n) is 3.06. The highest BCUT2D eigenvalue weighted by molar-refractivity contribution is 5.87. The number of aromatic carboxylic acids is 1. The summed E-state index contributed by atoms with van der Waals surface area (Å²) in [4.78, 5) is 13.4. The molecule has 21 heavy (non-hydrogen) atoms. The summed E-state index contributed by atoms with van der Waals surface area (Å²) < 4.78 is 5.96. The van der Waals surface area contributed by atoms with Crippen LogP contribution in [0.1, 0.15) is 36.5 Å². The molecular weight excluding hydrogens is 266 g/mol. The van der Waals surface area contributed by atoms with Crippen molar-refractivity contribution in [2.24, 2.45) is 11.8 Å². The zero-order chi connectivity index (χ0) is 14.8. The van der Waals surface area contributed by atoms with Crippen LogP contribution < -0.4 is 4.74 Å². The van der Waals surface area contributed by atoms with E-state index in [1.807, 2.05) is 0 Å². The Labute approximate surface area is 125 Å². The van der Waals surface area contributed by atoms with Crippen LogP contribution in [0.3, 0.4) is 0 Å². The quantitative estimate of drug-likeness (QED) is 0.905. The third-order valence-electron chi connectivity index (χ3n) is 4.71. The molecule has 3 rings (SSSR count). The summed E-state index contributed by atoms with van der Waals surface area (Å²) in [5, 5.41) is 8.88. The van der Waals surface area contributed by atoms with Crippen molar-refractivity contribution in [3.05, 3.63) is 29.8 Å². The van der Waals surface area contributed by atoms with Crippen LogP contribution >= 0.6 is 0 Å². The van der Waals surface area contributed by atoms with Crippen molar-refractivity contribution in [3.63, 3.8) is 0 Å². The molecule has 0 spiro atoms. The Morgan fingerprint density at radius 2 is 1.90 bits per heavy atom. The fourth-order valence-corrected chi connectivity index (χ4v) is 3.06. The minimum absolute atomic E-state index is 0.258. The number of rotatable bonds is 5. The maximum atomic E-state index is 10.8. The van der Waals surface area contributed by atoms with Crippen molar-refractivity contribution in [2.75, 3.05) is 19.6 Å². The summed E-state index contributed by atoms with van der Waals surface area (Å²) in [6.45, 7) is 5.81. The molecule has 2 unspecified atom stereocenters. The number of hydrogen-bond acceptors (Lipinski definition) is 3. The normalized spacial score (nSPS) is 26.5. The van der Waals surface area contributed by atoms with E-state index in [1.165, 1.54) is 13.0 Å². The number of carbonyl (C=O) groups is 1. The van der Waals surface area contributed by atoms with Crippen molar-refractivity contribution in [2.45, 2.75) is 32.3 Å². The standard InChI is InChI=1S/C17H23NO3/c1-12-10-14(12)11-18-8-6-16(7-9-18)21-15-4-2-13(3-5-15)17(19)20/h2-5,12,14,16H,6-11H2,1H3,(H,19,20). The molecule has 2 atom stereocenters. The van der Waals surface area contributed by atoms with Crippen LogP contribution in [0.4, 0.5) is 0 Å². The fraction of sp³-hybridized carbons (Fsp3) is 0.588. The van der Waals surface area contributed by atoms with Gasteiger partial charge in [-0.15, -0.1) is 0 Å². The van der Waals surface area contributed by atoms with Crippen molar-refractivity contribution < 1.29 is 14.6 Å². The summed E-state index contributed by atoms with van der Waals surface area (Å²) in [5.41, 5.74) is 0.302. The van der Waals surface area contributed by atoms with E-state index < -0.39 is 5.97 Å². The van der Waals surface area contributed by atoms with Gasteiger partial charge in [0.2, 0.25) is 0 Å². The molecule has 4 heteroatoms. The first kappa shape index (κ1) is 14.4. The Bertz CT molecular complexity index is 491. The van der Waals surface area contributed by atoms with E-state index in [9.17, 15) is 4.79 Å². The average Bonchev–Trinajstić information content (AvgIpc) is 3.17. The van der Waals surface area contributed by atoms with Crippen molar-refractivity contribution in [1.82, 2.24) is 4.90 Å². The molecule has 2 fully saturated rings. The third kappa shape index (κ3) is 3.76. The van der Waals surface area contributed by atoms with Gasteiger partial charge in [-0.05, 0) is 55.4 Å². The van der Waals surface area contributed by atoms with E-state index in [0.29, 0.717) is 5.56 Å². The molecule has 1 aliphatic carbocycles. The molecule has 0 amide bonds. The van der Waals surface area contributed by atoms with Crippen LogP contribution in [-0.2, 0) is 0 Å². The number of piperidine rings is 1. The van der Waals surface area contributed by atoms with Crippen LogP contribution in [0.5, 0.6) is 5.75 Å². The van der Waals surface area contributed by atoms with Gasteiger partial charge in [-0.2, -0.15) is 0 Å². The molecule has 2 aliphatic rings. The molecule has 1 aromatic rings. The number of likely N-dealkylation sites (tertiary alicyclic amines) is 1. The second kappa shape index (κ2) is 6.06. The largest absolute Gasteiger partial charge is 0.490 e. The molecule has 1 heterocycles. The van der Waals surface area contributed by atoms with Gasteiger partial charge in [0.25, 0.3) is 0 Å². The lowest BCUT2D eigenvalue weighted by Crippen LogP contribution is -2.39. The lowest BCUT2D eigenvalue weighted by Gasteiger charge is -2.32. The lowest BCUT2D eigenvalue weighted by molar-refractivity contribution is 0.0696. The Kier molecular flexibility index (Phi) is 4.15. The zero-order valence-corrected chi connectivity index (χ0v) is 12.5. The van der Waals surface area contributed by atoms with Gasteiger partial charge < -0.3 is 14.7 Å². The Morgan fingerprint density at radius 3 is 2.43 bits per heavy atom. The van der Waals surface area contributed by atoms with Gasteiger partial charge in [-0.1, -0.05) is 6.92 Å². The second-order valence-electron chi connectivity index (χ2n) is 6.42. The molecule has 0 aromatic heterocycles. The number of ether oxygens (including phenoxy) is 1. The van der Waals surface area contributed by atoms with Crippen LogP contribution in [-0.4, -0.2) is 41.7 Å². The SMILES string of the molecule is CC1CC1CN1CCC(Oc2ccc(C(=O)O)cc2)CC1. The maximum Gasteiger partial charge on any atom is 0.335 e. The van der Waals surface area contributed by atoms with E-state index in [-0.39, 0.29) is 6.10 Å². The number of nitrogens with zero attached hydrogens (tertiary/aromatic N) is 1. The first-order valence-corrected chi connectivity index (χ1v) is 7.84. The maximum absolute atomic E-state index is 10.8. The predicted octanol–water partition coefficient (Wildman–Crippen LogP) is 2.88. The minimum atomic E-state index is -0.899. The van der Waals surface area contributed by atoms with Gasteiger partial charge in [0, 0.05) is 19.6 Å². The van der Waals surface area contributed by atoms with Gasteiger partial charge in [0.1, 0.15) is 11.9 Å². The highest BCUT2D eigenvalue weighted by Gasteiger charge is 2.34. The van der Waals surface area contributed by atoms with Crippen LogP contribution in [0.15, 0.2) is 24.3 Å². The van der Waals surface area contributed by atoms with Crippen LogP contribution in [0.25, 0.3) is 0 Å². The summed E-state index contributed by atoms with van der Waals surface area (Å²) in [5.74, 6) is 1.72. The molecule has 4 nitrogen and oxygen atoms in total. The van der Waals surface area contributed by atoms with Gasteiger partial charge in [-0.3, -0.25) is 0 Å². The molecule has 1 N–H and O–H groups in total. The first-order valence-electron chi connectivity index (χ1n) is 7.84. The van der Waals surface area contributed by atoms with E-state index in [1.54, 1.807) is 24.3 Å². The molecule has 1 saturated heterocycles. The number of hydrogen-bond donors (Lipinski definition) is 1. The van der Waals surface area contributed by atoms with Crippen LogP contribution in [0.2, 0.25) is 0 Å². The molecule has 0 radical (unpaired) electrons. The molecule has 1 aliphatic heterocycles. The minimum Gasteiger partial charge on any atom is -0.490 e.